The van der Waals surface area contributed by atoms with Gasteiger partial charge in [-0.25, -0.2) is 4.98 Å². The number of hydrogen-bond acceptors (Lipinski definition) is 4. The zero-order chi connectivity index (χ0) is 16.4. The molecule has 1 fully saturated rings. The molecule has 23 heavy (non-hydrogen) atoms. The Morgan fingerprint density at radius 1 is 1.30 bits per heavy atom. The van der Waals surface area contributed by atoms with Gasteiger partial charge in [0.25, 0.3) is 5.56 Å². The fourth-order valence-electron chi connectivity index (χ4n) is 2.90. The molecule has 0 unspecified atom stereocenters. The van der Waals surface area contributed by atoms with Crippen molar-refractivity contribution < 1.29 is 4.74 Å². The van der Waals surface area contributed by atoms with Crippen molar-refractivity contribution in [3.63, 3.8) is 0 Å². The molecule has 1 aromatic heterocycles. The van der Waals surface area contributed by atoms with Crippen LogP contribution < -0.4 is 15.6 Å². The summed E-state index contributed by atoms with van der Waals surface area (Å²) < 4.78 is 5.23. The second-order valence-corrected chi connectivity index (χ2v) is 6.25. The van der Waals surface area contributed by atoms with Crippen molar-refractivity contribution in [3.8, 4) is 5.75 Å². The molecule has 5 heteroatoms. The van der Waals surface area contributed by atoms with Gasteiger partial charge in [0.05, 0.1) is 13.2 Å². The first-order valence-electron chi connectivity index (χ1n) is 8.04. The molecule has 5 nitrogen and oxygen atoms in total. The molecule has 1 aliphatic carbocycles. The minimum absolute atomic E-state index is 0.0182. The molecule has 0 saturated heterocycles. The van der Waals surface area contributed by atoms with Crippen LogP contribution in [-0.2, 0) is 0 Å². The van der Waals surface area contributed by atoms with E-state index in [-0.39, 0.29) is 17.6 Å². The third-order valence-electron chi connectivity index (χ3n) is 4.30. The number of benzene rings is 1. The first-order valence-corrected chi connectivity index (χ1v) is 8.04. The summed E-state index contributed by atoms with van der Waals surface area (Å²) in [6.07, 6.45) is 2.46. The standard InChI is InChI=1S/C18H23N3O2/c1-11-10-16(22)21-18(19-11)12(2)20-17(13-4-5-13)14-6-8-15(23-3)9-7-14/h6-10,12-13,17,20H,4-5H2,1-3H3,(H,19,21,22)/t12-,17+/m0/s1. The van der Waals surface area contributed by atoms with Crippen LogP contribution in [0.5, 0.6) is 5.75 Å². The Labute approximate surface area is 136 Å². The van der Waals surface area contributed by atoms with Gasteiger partial charge in [-0.15, -0.1) is 0 Å². The summed E-state index contributed by atoms with van der Waals surface area (Å²) in [7, 11) is 1.67. The number of nitrogens with one attached hydrogen (secondary N) is 2. The van der Waals surface area contributed by atoms with Crippen LogP contribution in [0.15, 0.2) is 35.1 Å². The Bertz CT molecular complexity index is 720. The molecule has 2 aromatic rings. The molecule has 2 atom stereocenters. The molecule has 0 aliphatic heterocycles. The van der Waals surface area contributed by atoms with Gasteiger partial charge >= 0.3 is 0 Å². The summed E-state index contributed by atoms with van der Waals surface area (Å²) in [6, 6.07) is 9.95. The van der Waals surface area contributed by atoms with Crippen molar-refractivity contribution in [2.45, 2.75) is 38.8 Å². The van der Waals surface area contributed by atoms with Crippen molar-refractivity contribution >= 4 is 0 Å². The number of hydrogen-bond donors (Lipinski definition) is 2. The van der Waals surface area contributed by atoms with E-state index in [0.717, 1.165) is 11.4 Å². The molecular weight excluding hydrogens is 290 g/mol. The number of H-pyrrole nitrogens is 1. The van der Waals surface area contributed by atoms with Crippen LogP contribution in [0.25, 0.3) is 0 Å². The number of aryl methyl sites for hydroxylation is 1. The average molecular weight is 313 g/mol. The average Bonchev–Trinajstić information content (AvgIpc) is 3.36. The molecule has 1 aliphatic rings. The summed E-state index contributed by atoms with van der Waals surface area (Å²) in [5.74, 6) is 2.19. The van der Waals surface area contributed by atoms with Gasteiger partial charge < -0.3 is 15.0 Å². The predicted molar refractivity (Wildman–Crippen MR) is 89.6 cm³/mol. The van der Waals surface area contributed by atoms with Crippen LogP contribution in [0, 0.1) is 12.8 Å². The van der Waals surface area contributed by atoms with E-state index >= 15 is 0 Å². The maximum atomic E-state index is 11.7. The fourth-order valence-corrected chi connectivity index (χ4v) is 2.90. The largest absolute Gasteiger partial charge is 0.497 e. The van der Waals surface area contributed by atoms with E-state index in [1.165, 1.54) is 24.5 Å². The van der Waals surface area contributed by atoms with Crippen molar-refractivity contribution in [1.82, 2.24) is 15.3 Å². The second-order valence-electron chi connectivity index (χ2n) is 6.25. The van der Waals surface area contributed by atoms with Gasteiger partial charge in [0.1, 0.15) is 11.6 Å². The molecule has 122 valence electrons. The van der Waals surface area contributed by atoms with Crippen molar-refractivity contribution in [2.24, 2.45) is 5.92 Å². The highest BCUT2D eigenvalue weighted by Gasteiger charge is 2.33. The normalized spacial score (nSPS) is 16.8. The first kappa shape index (κ1) is 15.7. The van der Waals surface area contributed by atoms with Gasteiger partial charge in [-0.1, -0.05) is 12.1 Å². The van der Waals surface area contributed by atoms with E-state index in [0.29, 0.717) is 11.7 Å². The van der Waals surface area contributed by atoms with Gasteiger partial charge in [0.2, 0.25) is 0 Å². The molecule has 1 heterocycles. The topological polar surface area (TPSA) is 67.0 Å². The van der Waals surface area contributed by atoms with Crippen LogP contribution in [0.2, 0.25) is 0 Å². The molecule has 0 radical (unpaired) electrons. The van der Waals surface area contributed by atoms with Crippen LogP contribution >= 0.6 is 0 Å². The number of aromatic nitrogens is 2. The van der Waals surface area contributed by atoms with E-state index in [1.54, 1.807) is 7.11 Å². The number of aromatic amines is 1. The maximum absolute atomic E-state index is 11.7. The van der Waals surface area contributed by atoms with Crippen LogP contribution in [0.1, 0.15) is 48.9 Å². The summed E-state index contributed by atoms with van der Waals surface area (Å²) in [5, 5.41) is 3.63. The van der Waals surface area contributed by atoms with E-state index in [2.05, 4.69) is 27.4 Å². The smallest absolute Gasteiger partial charge is 0.251 e. The molecule has 0 bridgehead atoms. The molecule has 0 spiro atoms. The lowest BCUT2D eigenvalue weighted by atomic mass is 10.0. The van der Waals surface area contributed by atoms with Crippen LogP contribution in [0.3, 0.4) is 0 Å². The Hall–Kier alpha value is -2.14. The number of methoxy groups -OCH3 is 1. The number of ether oxygens (including phenoxy) is 1. The molecule has 1 aromatic carbocycles. The Kier molecular flexibility index (Phi) is 4.48. The maximum Gasteiger partial charge on any atom is 0.251 e. The third-order valence-corrected chi connectivity index (χ3v) is 4.30. The Balaban J connectivity index is 1.80. The monoisotopic (exact) mass is 313 g/mol. The third kappa shape index (κ3) is 3.79. The highest BCUT2D eigenvalue weighted by Crippen LogP contribution is 2.42. The predicted octanol–water partition coefficient (Wildman–Crippen LogP) is 2.89. The molecule has 1 saturated carbocycles. The van der Waals surface area contributed by atoms with Gasteiger partial charge in [0, 0.05) is 17.8 Å². The highest BCUT2D eigenvalue weighted by atomic mass is 16.5. The SMILES string of the molecule is COc1ccc([C@H](N[C@@H](C)c2nc(C)cc(=O)[nH]2)C2CC2)cc1. The lowest BCUT2D eigenvalue weighted by Gasteiger charge is -2.23. The van der Waals surface area contributed by atoms with E-state index < -0.39 is 0 Å². The van der Waals surface area contributed by atoms with E-state index in [9.17, 15) is 4.79 Å². The minimum atomic E-state index is -0.103. The number of rotatable bonds is 6. The van der Waals surface area contributed by atoms with Gasteiger partial charge in [-0.3, -0.25) is 4.79 Å². The van der Waals surface area contributed by atoms with Crippen LogP contribution in [-0.4, -0.2) is 17.1 Å². The van der Waals surface area contributed by atoms with Crippen LogP contribution in [0.4, 0.5) is 0 Å². The van der Waals surface area contributed by atoms with Crippen molar-refractivity contribution in [2.75, 3.05) is 7.11 Å². The molecular formula is C18H23N3O2. The lowest BCUT2D eigenvalue weighted by Crippen LogP contribution is -2.29. The summed E-state index contributed by atoms with van der Waals surface area (Å²) in [6.45, 7) is 3.88. The Morgan fingerprint density at radius 3 is 2.57 bits per heavy atom. The first-order chi connectivity index (χ1) is 11.1. The van der Waals surface area contributed by atoms with Crippen molar-refractivity contribution in [3.05, 3.63) is 57.8 Å². The number of nitrogens with zero attached hydrogens (tertiary/aromatic N) is 1. The van der Waals surface area contributed by atoms with Crippen molar-refractivity contribution in [1.29, 1.82) is 0 Å². The molecule has 3 rings (SSSR count). The van der Waals surface area contributed by atoms with Gasteiger partial charge in [-0.05, 0) is 50.3 Å². The fraction of sp³-hybridized carbons (Fsp3) is 0.444. The second kappa shape index (κ2) is 6.54. The quantitative estimate of drug-likeness (QED) is 0.860. The van der Waals surface area contributed by atoms with Gasteiger partial charge in [0.15, 0.2) is 0 Å². The molecule has 2 N–H and O–H groups in total. The van der Waals surface area contributed by atoms with Gasteiger partial charge in [-0.2, -0.15) is 0 Å². The summed E-state index contributed by atoms with van der Waals surface area (Å²) in [5.41, 5.74) is 1.88. The lowest BCUT2D eigenvalue weighted by molar-refractivity contribution is 0.407. The Morgan fingerprint density at radius 2 is 2.00 bits per heavy atom. The molecule has 0 amide bonds. The zero-order valence-electron chi connectivity index (χ0n) is 13.8. The summed E-state index contributed by atoms with van der Waals surface area (Å²) >= 11 is 0. The highest BCUT2D eigenvalue weighted by molar-refractivity contribution is 5.30. The van der Waals surface area contributed by atoms with E-state index in [4.69, 9.17) is 4.74 Å². The summed E-state index contributed by atoms with van der Waals surface area (Å²) in [4.78, 5) is 18.9. The van der Waals surface area contributed by atoms with E-state index in [1.807, 2.05) is 26.0 Å². The minimum Gasteiger partial charge on any atom is -0.497 e. The zero-order valence-corrected chi connectivity index (χ0v) is 13.8.